The van der Waals surface area contributed by atoms with Crippen molar-refractivity contribution in [3.63, 3.8) is 0 Å². The van der Waals surface area contributed by atoms with Gasteiger partial charge in [-0.2, -0.15) is 13.5 Å². The summed E-state index contributed by atoms with van der Waals surface area (Å²) in [6, 6.07) is 11.3. The monoisotopic (exact) mass is 345 g/mol. The maximum Gasteiger partial charge on any atom is 0.285 e. The summed E-state index contributed by atoms with van der Waals surface area (Å²) in [5, 5.41) is 14.1. The van der Waals surface area contributed by atoms with Crippen LogP contribution in [0.25, 0.3) is 0 Å². The fourth-order valence-corrected chi connectivity index (χ4v) is 3.49. The zero-order valence-electron chi connectivity index (χ0n) is 13.0. The van der Waals surface area contributed by atoms with Crippen LogP contribution >= 0.6 is 0 Å². The first-order valence-corrected chi connectivity index (χ1v) is 8.48. The number of sulfonamides is 1. The minimum atomic E-state index is -3.70. The average molecular weight is 345 g/mol. The molecule has 0 aliphatic carbocycles. The van der Waals surface area contributed by atoms with Crippen LogP contribution in [0.1, 0.15) is 18.1 Å². The Balaban J connectivity index is 1.92. The Morgan fingerprint density at radius 3 is 2.75 bits per heavy atom. The number of hydrogen-bond acceptors (Lipinski definition) is 6. The second-order valence-corrected chi connectivity index (χ2v) is 6.68. The molecular weight excluding hydrogens is 330 g/mol. The fraction of sp³-hybridized carbons (Fsp3) is 0.125. The molecule has 2 aromatic carbocycles. The molecule has 0 unspecified atom stereocenters. The highest BCUT2D eigenvalue weighted by Crippen LogP contribution is 2.26. The van der Waals surface area contributed by atoms with E-state index >= 15 is 0 Å². The van der Waals surface area contributed by atoms with E-state index in [9.17, 15) is 13.5 Å². The second-order valence-electron chi connectivity index (χ2n) is 5.10. The molecule has 24 heavy (non-hydrogen) atoms. The minimum Gasteiger partial charge on any atom is -0.507 e. The summed E-state index contributed by atoms with van der Waals surface area (Å²) in [7, 11) is -2.18. The second kappa shape index (κ2) is 5.97. The average Bonchev–Trinajstić information content (AvgIpc) is 2.84. The molecule has 0 fully saturated rings. The number of ether oxygens (including phenoxy) is 1. The van der Waals surface area contributed by atoms with Gasteiger partial charge in [0.15, 0.2) is 5.84 Å². The van der Waals surface area contributed by atoms with Gasteiger partial charge in [0.2, 0.25) is 0 Å². The molecule has 1 aliphatic rings. The van der Waals surface area contributed by atoms with Crippen molar-refractivity contribution in [2.24, 2.45) is 9.50 Å². The topological polar surface area (TPSA) is 100 Å². The van der Waals surface area contributed by atoms with Crippen LogP contribution in [0.15, 0.2) is 56.9 Å². The van der Waals surface area contributed by atoms with E-state index < -0.39 is 10.0 Å². The molecule has 8 heteroatoms. The molecule has 0 atom stereocenters. The Morgan fingerprint density at radius 1 is 1.25 bits per heavy atom. The molecule has 1 aliphatic heterocycles. The van der Waals surface area contributed by atoms with E-state index in [2.05, 4.69) is 14.9 Å². The third-order valence-electron chi connectivity index (χ3n) is 3.55. The molecular formula is C16H15N3O4S. The van der Waals surface area contributed by atoms with E-state index in [-0.39, 0.29) is 16.5 Å². The van der Waals surface area contributed by atoms with Crippen molar-refractivity contribution in [1.29, 1.82) is 0 Å². The van der Waals surface area contributed by atoms with Crippen LogP contribution < -0.4 is 10.2 Å². The van der Waals surface area contributed by atoms with Gasteiger partial charge >= 0.3 is 0 Å². The molecule has 7 nitrogen and oxygen atoms in total. The molecule has 1 heterocycles. The standard InChI is InChI=1S/C16H15N3O4S/c1-10(13-9-11(23-2)7-8-14(13)20)17-18-16-12-5-3-4-6-15(12)24(21,22)19-16/h3-9,20H,1-2H3,(H,18,19). The van der Waals surface area contributed by atoms with Crippen LogP contribution in [0.2, 0.25) is 0 Å². The maximum absolute atomic E-state index is 12.0. The fourth-order valence-electron chi connectivity index (χ4n) is 2.32. The largest absolute Gasteiger partial charge is 0.507 e. The van der Waals surface area contributed by atoms with Crippen molar-refractivity contribution in [2.75, 3.05) is 7.11 Å². The van der Waals surface area contributed by atoms with E-state index in [1.54, 1.807) is 37.3 Å². The zero-order valence-corrected chi connectivity index (χ0v) is 13.8. The summed E-state index contributed by atoms with van der Waals surface area (Å²) in [6.45, 7) is 1.68. The van der Waals surface area contributed by atoms with Crippen molar-refractivity contribution >= 4 is 21.6 Å². The number of methoxy groups -OCH3 is 1. The van der Waals surface area contributed by atoms with E-state index in [4.69, 9.17) is 4.74 Å². The van der Waals surface area contributed by atoms with Gasteiger partial charge < -0.3 is 9.84 Å². The number of nitrogens with zero attached hydrogens (tertiary/aromatic N) is 2. The van der Waals surface area contributed by atoms with E-state index in [0.29, 0.717) is 22.6 Å². The van der Waals surface area contributed by atoms with E-state index in [1.807, 2.05) is 0 Å². The number of amidine groups is 1. The van der Waals surface area contributed by atoms with Crippen molar-refractivity contribution in [3.05, 3.63) is 53.6 Å². The number of hydrazone groups is 1. The minimum absolute atomic E-state index is 0.0419. The first-order valence-electron chi connectivity index (χ1n) is 7.04. The highest BCUT2D eigenvalue weighted by molar-refractivity contribution is 7.90. The lowest BCUT2D eigenvalue weighted by Gasteiger charge is -2.08. The van der Waals surface area contributed by atoms with Crippen LogP contribution in [0, 0.1) is 0 Å². The molecule has 0 saturated carbocycles. The van der Waals surface area contributed by atoms with Gasteiger partial charge in [0.25, 0.3) is 10.0 Å². The first-order chi connectivity index (χ1) is 11.4. The quantitative estimate of drug-likeness (QED) is 0.653. The number of phenols is 1. The lowest BCUT2D eigenvalue weighted by atomic mass is 10.1. The number of benzene rings is 2. The maximum atomic E-state index is 12.0. The molecule has 124 valence electrons. The molecule has 0 aromatic heterocycles. The predicted octanol–water partition coefficient (Wildman–Crippen LogP) is 1.86. The lowest BCUT2D eigenvalue weighted by Crippen LogP contribution is -2.19. The number of hydrogen-bond donors (Lipinski definition) is 2. The highest BCUT2D eigenvalue weighted by atomic mass is 32.2. The third-order valence-corrected chi connectivity index (χ3v) is 4.89. The summed E-state index contributed by atoms with van der Waals surface area (Å²) in [5.74, 6) is 0.760. The Bertz CT molecular complexity index is 965. The van der Waals surface area contributed by atoms with Gasteiger partial charge in [-0.05, 0) is 37.3 Å². The van der Waals surface area contributed by atoms with E-state index in [0.717, 1.165) is 0 Å². The van der Waals surface area contributed by atoms with Crippen molar-refractivity contribution in [3.8, 4) is 11.5 Å². The number of aromatic hydroxyl groups is 1. The Labute approximate surface area is 139 Å². The van der Waals surface area contributed by atoms with Crippen LogP contribution in [-0.4, -0.2) is 32.2 Å². The van der Waals surface area contributed by atoms with Gasteiger partial charge in [-0.3, -0.25) is 5.43 Å². The van der Waals surface area contributed by atoms with Crippen LogP contribution in [0.3, 0.4) is 0 Å². The van der Waals surface area contributed by atoms with Crippen molar-refractivity contribution in [1.82, 2.24) is 5.43 Å². The van der Waals surface area contributed by atoms with Gasteiger partial charge in [0.1, 0.15) is 16.4 Å². The van der Waals surface area contributed by atoms with Crippen LogP contribution in [0.4, 0.5) is 0 Å². The Morgan fingerprint density at radius 2 is 2.00 bits per heavy atom. The number of phenolic OH excluding ortho intramolecular Hbond substituents is 1. The molecule has 0 radical (unpaired) electrons. The molecule has 2 N–H and O–H groups in total. The van der Waals surface area contributed by atoms with E-state index in [1.165, 1.54) is 19.2 Å². The molecule has 0 spiro atoms. The molecule has 2 aromatic rings. The van der Waals surface area contributed by atoms with Crippen molar-refractivity contribution in [2.45, 2.75) is 11.8 Å². The summed E-state index contributed by atoms with van der Waals surface area (Å²) in [5.41, 5.74) is 4.05. The Hall–Kier alpha value is -2.87. The molecule has 0 bridgehead atoms. The number of nitrogens with one attached hydrogen (secondary N) is 1. The SMILES string of the molecule is COc1ccc(O)c(C(C)=NNC2=NS(=O)(=O)c3ccccc32)c1. The van der Waals surface area contributed by atoms with Gasteiger partial charge in [-0.15, -0.1) is 4.40 Å². The van der Waals surface area contributed by atoms with Gasteiger partial charge in [0.05, 0.1) is 12.8 Å². The summed E-state index contributed by atoms with van der Waals surface area (Å²) in [4.78, 5) is 0.143. The van der Waals surface area contributed by atoms with Gasteiger partial charge in [-0.1, -0.05) is 12.1 Å². The smallest absolute Gasteiger partial charge is 0.285 e. The Kier molecular flexibility index (Phi) is 3.98. The first kappa shape index (κ1) is 16.0. The zero-order chi connectivity index (χ0) is 17.3. The summed E-state index contributed by atoms with van der Waals surface area (Å²) >= 11 is 0. The highest BCUT2D eigenvalue weighted by Gasteiger charge is 2.28. The number of rotatable bonds is 3. The van der Waals surface area contributed by atoms with Crippen LogP contribution in [0.5, 0.6) is 11.5 Å². The number of fused-ring (bicyclic) bond motifs is 1. The predicted molar refractivity (Wildman–Crippen MR) is 90.2 cm³/mol. The van der Waals surface area contributed by atoms with Gasteiger partial charge in [0, 0.05) is 11.1 Å². The normalized spacial score (nSPS) is 15.6. The van der Waals surface area contributed by atoms with Gasteiger partial charge in [-0.25, -0.2) is 0 Å². The molecule has 3 rings (SSSR count). The van der Waals surface area contributed by atoms with Crippen molar-refractivity contribution < 1.29 is 18.3 Å². The lowest BCUT2D eigenvalue weighted by molar-refractivity contribution is 0.412. The third kappa shape index (κ3) is 2.83. The molecule has 0 saturated heterocycles. The molecule has 0 amide bonds. The van der Waals surface area contributed by atoms with Crippen LogP contribution in [-0.2, 0) is 10.0 Å². The summed E-state index contributed by atoms with van der Waals surface area (Å²) < 4.78 is 32.8. The summed E-state index contributed by atoms with van der Waals surface area (Å²) in [6.07, 6.45) is 0.